The van der Waals surface area contributed by atoms with Gasteiger partial charge in [0.05, 0.1) is 17.4 Å². The standard InChI is InChI=1S/C16H22N4O/c1-16(2,3)15(21)19-13-5-4-8-20(11-13)14-10-18-7-6-12(14)9-17/h6-7,10,13H,4-5,8,11H2,1-3H3,(H,19,21). The van der Waals surface area contributed by atoms with Crippen LogP contribution in [0.5, 0.6) is 0 Å². The minimum absolute atomic E-state index is 0.0704. The van der Waals surface area contributed by atoms with E-state index in [1.807, 2.05) is 20.8 Å². The number of piperidine rings is 1. The highest BCUT2D eigenvalue weighted by Crippen LogP contribution is 2.23. The van der Waals surface area contributed by atoms with Crippen LogP contribution in [0, 0.1) is 16.7 Å². The van der Waals surface area contributed by atoms with Crippen LogP contribution in [0.25, 0.3) is 0 Å². The van der Waals surface area contributed by atoms with Gasteiger partial charge in [0.15, 0.2) is 0 Å². The first-order valence-electron chi connectivity index (χ1n) is 7.32. The second-order valence-corrected chi connectivity index (χ2v) is 6.51. The first-order chi connectivity index (χ1) is 9.91. The average Bonchev–Trinajstić information content (AvgIpc) is 2.46. The fourth-order valence-corrected chi connectivity index (χ4v) is 2.45. The molecule has 1 N–H and O–H groups in total. The van der Waals surface area contributed by atoms with Gasteiger partial charge in [-0.2, -0.15) is 5.26 Å². The second-order valence-electron chi connectivity index (χ2n) is 6.51. The maximum atomic E-state index is 12.1. The van der Waals surface area contributed by atoms with Gasteiger partial charge in [0.1, 0.15) is 6.07 Å². The summed E-state index contributed by atoms with van der Waals surface area (Å²) in [5.74, 6) is 0.0704. The van der Waals surface area contributed by atoms with Crippen molar-refractivity contribution in [2.75, 3.05) is 18.0 Å². The third-order valence-corrected chi connectivity index (χ3v) is 3.70. The third-order valence-electron chi connectivity index (χ3n) is 3.70. The molecule has 0 spiro atoms. The number of rotatable bonds is 2. The lowest BCUT2D eigenvalue weighted by Gasteiger charge is -2.36. The minimum atomic E-state index is -0.381. The molecule has 5 nitrogen and oxygen atoms in total. The lowest BCUT2D eigenvalue weighted by molar-refractivity contribution is -0.129. The SMILES string of the molecule is CC(C)(C)C(=O)NC1CCCN(c2cnccc2C#N)C1. The number of hydrogen-bond donors (Lipinski definition) is 1. The Hall–Kier alpha value is -2.09. The van der Waals surface area contributed by atoms with Crippen molar-refractivity contribution in [3.05, 3.63) is 24.0 Å². The average molecular weight is 286 g/mol. The summed E-state index contributed by atoms with van der Waals surface area (Å²) in [6.07, 6.45) is 5.33. The highest BCUT2D eigenvalue weighted by molar-refractivity contribution is 5.81. The van der Waals surface area contributed by atoms with Crippen molar-refractivity contribution >= 4 is 11.6 Å². The first kappa shape index (κ1) is 15.3. The van der Waals surface area contributed by atoms with Gasteiger partial charge in [-0.1, -0.05) is 20.8 Å². The van der Waals surface area contributed by atoms with E-state index in [-0.39, 0.29) is 17.4 Å². The van der Waals surface area contributed by atoms with E-state index >= 15 is 0 Å². The Morgan fingerprint density at radius 2 is 2.29 bits per heavy atom. The van der Waals surface area contributed by atoms with E-state index in [2.05, 4.69) is 21.3 Å². The monoisotopic (exact) mass is 286 g/mol. The van der Waals surface area contributed by atoms with Crippen molar-refractivity contribution in [3.8, 4) is 6.07 Å². The van der Waals surface area contributed by atoms with Gasteiger partial charge in [-0.05, 0) is 18.9 Å². The molecule has 1 fully saturated rings. The van der Waals surface area contributed by atoms with E-state index in [0.717, 1.165) is 31.6 Å². The largest absolute Gasteiger partial charge is 0.367 e. The zero-order chi connectivity index (χ0) is 15.5. The predicted octanol–water partition coefficient (Wildman–Crippen LogP) is 2.08. The quantitative estimate of drug-likeness (QED) is 0.903. The summed E-state index contributed by atoms with van der Waals surface area (Å²) in [6, 6.07) is 4.06. The highest BCUT2D eigenvalue weighted by Gasteiger charge is 2.27. The van der Waals surface area contributed by atoms with Gasteiger partial charge in [0.2, 0.25) is 5.91 Å². The third kappa shape index (κ3) is 3.72. The number of aromatic nitrogens is 1. The Morgan fingerprint density at radius 3 is 2.95 bits per heavy atom. The molecule has 0 radical (unpaired) electrons. The van der Waals surface area contributed by atoms with Gasteiger partial charge in [-0.3, -0.25) is 9.78 Å². The van der Waals surface area contributed by atoms with E-state index in [1.54, 1.807) is 18.5 Å². The summed E-state index contributed by atoms with van der Waals surface area (Å²) in [7, 11) is 0. The number of amides is 1. The van der Waals surface area contributed by atoms with Gasteiger partial charge >= 0.3 is 0 Å². The molecule has 1 atom stereocenters. The van der Waals surface area contributed by atoms with Crippen LogP contribution in [0.15, 0.2) is 18.5 Å². The highest BCUT2D eigenvalue weighted by atomic mass is 16.2. The van der Waals surface area contributed by atoms with E-state index < -0.39 is 0 Å². The van der Waals surface area contributed by atoms with Crippen molar-refractivity contribution in [3.63, 3.8) is 0 Å². The Bertz CT molecular complexity index is 556. The van der Waals surface area contributed by atoms with Crippen LogP contribution in [0.2, 0.25) is 0 Å². The molecule has 5 heteroatoms. The molecule has 2 rings (SSSR count). The van der Waals surface area contributed by atoms with Crippen molar-refractivity contribution < 1.29 is 4.79 Å². The first-order valence-corrected chi connectivity index (χ1v) is 7.32. The molecule has 0 bridgehead atoms. The van der Waals surface area contributed by atoms with E-state index in [9.17, 15) is 10.1 Å². The lowest BCUT2D eigenvalue weighted by atomic mass is 9.94. The normalized spacial score (nSPS) is 19.0. The van der Waals surface area contributed by atoms with Crippen LogP contribution in [0.3, 0.4) is 0 Å². The zero-order valence-corrected chi connectivity index (χ0v) is 12.9. The molecule has 0 aliphatic carbocycles. The van der Waals surface area contributed by atoms with E-state index in [1.165, 1.54) is 0 Å². The van der Waals surface area contributed by atoms with Crippen LogP contribution in [-0.2, 0) is 4.79 Å². The van der Waals surface area contributed by atoms with Crippen molar-refractivity contribution in [2.24, 2.45) is 5.41 Å². The van der Waals surface area contributed by atoms with Crippen LogP contribution in [-0.4, -0.2) is 30.0 Å². The summed E-state index contributed by atoms with van der Waals surface area (Å²) in [4.78, 5) is 18.4. The number of carbonyl (C=O) groups is 1. The molecular weight excluding hydrogens is 264 g/mol. The number of anilines is 1. The molecule has 1 aliphatic heterocycles. The molecule has 2 heterocycles. The van der Waals surface area contributed by atoms with Crippen molar-refractivity contribution in [2.45, 2.75) is 39.7 Å². The van der Waals surface area contributed by atoms with Crippen LogP contribution >= 0.6 is 0 Å². The summed E-state index contributed by atoms with van der Waals surface area (Å²) < 4.78 is 0. The lowest BCUT2D eigenvalue weighted by Crippen LogP contribution is -2.50. The molecule has 1 aliphatic rings. The molecule has 1 amide bonds. The van der Waals surface area contributed by atoms with Gasteiger partial charge in [0.25, 0.3) is 0 Å². The number of nitriles is 1. The number of nitrogens with one attached hydrogen (secondary N) is 1. The molecular formula is C16H22N4O. The summed E-state index contributed by atoms with van der Waals surface area (Å²) in [5.41, 5.74) is 1.11. The Morgan fingerprint density at radius 1 is 1.52 bits per heavy atom. The smallest absolute Gasteiger partial charge is 0.225 e. The number of nitrogens with zero attached hydrogens (tertiary/aromatic N) is 3. The molecule has 1 aromatic rings. The van der Waals surface area contributed by atoms with Crippen LogP contribution in [0.4, 0.5) is 5.69 Å². The Labute approximate surface area is 126 Å². The summed E-state index contributed by atoms with van der Waals surface area (Å²) in [5, 5.41) is 12.3. The molecule has 0 saturated carbocycles. The van der Waals surface area contributed by atoms with Gasteiger partial charge in [-0.25, -0.2) is 0 Å². The maximum absolute atomic E-state index is 12.1. The van der Waals surface area contributed by atoms with E-state index in [4.69, 9.17) is 0 Å². The molecule has 1 saturated heterocycles. The molecule has 0 aromatic carbocycles. The van der Waals surface area contributed by atoms with E-state index in [0.29, 0.717) is 5.56 Å². The fourth-order valence-electron chi connectivity index (χ4n) is 2.45. The molecule has 1 aromatic heterocycles. The van der Waals surface area contributed by atoms with Crippen LogP contribution < -0.4 is 10.2 Å². The Balaban J connectivity index is 2.08. The number of carbonyl (C=O) groups excluding carboxylic acids is 1. The van der Waals surface area contributed by atoms with Gasteiger partial charge in [-0.15, -0.1) is 0 Å². The van der Waals surface area contributed by atoms with Crippen molar-refractivity contribution in [1.29, 1.82) is 5.26 Å². The minimum Gasteiger partial charge on any atom is -0.367 e. The maximum Gasteiger partial charge on any atom is 0.225 e. The predicted molar refractivity (Wildman–Crippen MR) is 81.8 cm³/mol. The summed E-state index contributed by atoms with van der Waals surface area (Å²) >= 11 is 0. The topological polar surface area (TPSA) is 69.0 Å². The van der Waals surface area contributed by atoms with Crippen LogP contribution in [0.1, 0.15) is 39.2 Å². The van der Waals surface area contributed by atoms with Crippen molar-refractivity contribution in [1.82, 2.24) is 10.3 Å². The molecule has 21 heavy (non-hydrogen) atoms. The zero-order valence-electron chi connectivity index (χ0n) is 12.9. The summed E-state index contributed by atoms with van der Waals surface area (Å²) in [6.45, 7) is 7.36. The Kier molecular flexibility index (Phi) is 4.46. The molecule has 1 unspecified atom stereocenters. The molecule has 112 valence electrons. The number of pyridine rings is 1. The fraction of sp³-hybridized carbons (Fsp3) is 0.562. The van der Waals surface area contributed by atoms with Gasteiger partial charge < -0.3 is 10.2 Å². The number of hydrogen-bond acceptors (Lipinski definition) is 4. The second kappa shape index (κ2) is 6.13. The van der Waals surface area contributed by atoms with Gasteiger partial charge in [0, 0.05) is 30.7 Å².